The molecule has 1 fully saturated rings. The molecule has 1 unspecified atom stereocenters. The summed E-state index contributed by atoms with van der Waals surface area (Å²) in [5.74, 6) is 1.72. The molecular weight excluding hydrogens is 314 g/mol. The van der Waals surface area contributed by atoms with Gasteiger partial charge in [0, 0.05) is 6.20 Å². The molecule has 0 spiro atoms. The monoisotopic (exact) mass is 333 g/mol. The summed E-state index contributed by atoms with van der Waals surface area (Å²) in [5.41, 5.74) is 0.744. The Morgan fingerprint density at radius 3 is 2.91 bits per heavy atom. The van der Waals surface area contributed by atoms with Crippen molar-refractivity contribution in [1.82, 2.24) is 24.8 Å². The van der Waals surface area contributed by atoms with Gasteiger partial charge in [0.05, 0.1) is 17.7 Å². The van der Waals surface area contributed by atoms with Gasteiger partial charge >= 0.3 is 0 Å². The van der Waals surface area contributed by atoms with Crippen molar-refractivity contribution in [1.29, 1.82) is 0 Å². The van der Waals surface area contributed by atoms with Crippen LogP contribution < -0.4 is 5.32 Å². The maximum atomic E-state index is 12.3. The lowest BCUT2D eigenvalue weighted by atomic mass is 10.0. The first-order chi connectivity index (χ1) is 11.1. The largest absolute Gasteiger partial charge is 0.344 e. The summed E-state index contributed by atoms with van der Waals surface area (Å²) < 4.78 is 1.88. The van der Waals surface area contributed by atoms with Gasteiger partial charge in [-0.05, 0) is 18.1 Å². The summed E-state index contributed by atoms with van der Waals surface area (Å²) in [4.78, 5) is 25.5. The molecule has 1 aliphatic rings. The minimum absolute atomic E-state index is 0.0131. The van der Waals surface area contributed by atoms with Crippen LogP contribution in [0.4, 0.5) is 0 Å². The van der Waals surface area contributed by atoms with Crippen LogP contribution in [-0.4, -0.2) is 49.5 Å². The second kappa shape index (κ2) is 6.57. The van der Waals surface area contributed by atoms with Gasteiger partial charge in [-0.2, -0.15) is 0 Å². The van der Waals surface area contributed by atoms with Crippen molar-refractivity contribution >= 4 is 29.2 Å². The highest BCUT2D eigenvalue weighted by molar-refractivity contribution is 8.00. The van der Waals surface area contributed by atoms with Crippen molar-refractivity contribution in [2.24, 2.45) is 5.92 Å². The molecule has 3 rings (SSSR count). The number of fused-ring (bicyclic) bond motifs is 1. The standard InChI is InChI=1S/C15H19N5O2S/c1-10(2)14(15-18-17-11-5-3-4-6-20(11)15)16-12(21)7-19-9-23-8-13(19)22/h3-6,10,14H,7-9H2,1-2H3,(H,16,21). The molecule has 1 aliphatic heterocycles. The highest BCUT2D eigenvalue weighted by Crippen LogP contribution is 2.21. The van der Waals surface area contributed by atoms with Crippen molar-refractivity contribution < 1.29 is 9.59 Å². The van der Waals surface area contributed by atoms with Gasteiger partial charge in [-0.3, -0.25) is 14.0 Å². The SMILES string of the molecule is CC(C)C(NC(=O)CN1CSCC1=O)c1nnc2ccccn12. The molecule has 7 nitrogen and oxygen atoms in total. The molecule has 0 bridgehead atoms. The van der Waals surface area contributed by atoms with E-state index in [9.17, 15) is 9.59 Å². The fraction of sp³-hybridized carbons (Fsp3) is 0.467. The van der Waals surface area contributed by atoms with E-state index in [1.165, 1.54) is 11.8 Å². The van der Waals surface area contributed by atoms with Crippen LogP contribution in [0, 0.1) is 5.92 Å². The highest BCUT2D eigenvalue weighted by atomic mass is 32.2. The summed E-state index contributed by atoms with van der Waals surface area (Å²) in [6.07, 6.45) is 1.88. The van der Waals surface area contributed by atoms with Gasteiger partial charge in [-0.1, -0.05) is 19.9 Å². The van der Waals surface area contributed by atoms with Gasteiger partial charge in [0.25, 0.3) is 0 Å². The van der Waals surface area contributed by atoms with Crippen molar-refractivity contribution in [3.63, 3.8) is 0 Å². The van der Waals surface area contributed by atoms with Crippen molar-refractivity contribution in [2.45, 2.75) is 19.9 Å². The van der Waals surface area contributed by atoms with Gasteiger partial charge < -0.3 is 10.2 Å². The number of thioether (sulfide) groups is 1. The van der Waals surface area contributed by atoms with Crippen molar-refractivity contribution in [3.8, 4) is 0 Å². The van der Waals surface area contributed by atoms with Crippen molar-refractivity contribution in [3.05, 3.63) is 30.2 Å². The molecule has 23 heavy (non-hydrogen) atoms. The van der Waals surface area contributed by atoms with Crippen LogP contribution in [0.25, 0.3) is 5.65 Å². The predicted octanol–water partition coefficient (Wildman–Crippen LogP) is 1.08. The zero-order valence-corrected chi connectivity index (χ0v) is 13.9. The molecule has 0 saturated carbocycles. The van der Waals surface area contributed by atoms with E-state index in [1.54, 1.807) is 4.90 Å². The lowest BCUT2D eigenvalue weighted by molar-refractivity contribution is -0.132. The van der Waals surface area contributed by atoms with E-state index in [2.05, 4.69) is 15.5 Å². The third-order valence-electron chi connectivity index (χ3n) is 3.76. The van der Waals surface area contributed by atoms with E-state index in [0.29, 0.717) is 17.5 Å². The Balaban J connectivity index is 1.76. The smallest absolute Gasteiger partial charge is 0.240 e. The molecule has 1 saturated heterocycles. The van der Waals surface area contributed by atoms with Crippen LogP contribution in [0.1, 0.15) is 25.7 Å². The summed E-state index contributed by atoms with van der Waals surface area (Å²) in [6, 6.07) is 5.41. The third kappa shape index (κ3) is 3.31. The Hall–Kier alpha value is -2.09. The number of pyridine rings is 1. The molecule has 0 aromatic carbocycles. The number of amides is 2. The molecule has 1 atom stereocenters. The molecule has 2 aromatic rings. The first-order valence-electron chi connectivity index (χ1n) is 7.51. The average Bonchev–Trinajstić information content (AvgIpc) is 3.11. The van der Waals surface area contributed by atoms with Crippen LogP contribution in [0.2, 0.25) is 0 Å². The van der Waals surface area contributed by atoms with Gasteiger partial charge in [0.2, 0.25) is 11.8 Å². The fourth-order valence-electron chi connectivity index (χ4n) is 2.53. The molecule has 2 amide bonds. The van der Waals surface area contributed by atoms with Crippen LogP contribution in [-0.2, 0) is 9.59 Å². The zero-order valence-electron chi connectivity index (χ0n) is 13.1. The first kappa shape index (κ1) is 15.8. The second-order valence-electron chi connectivity index (χ2n) is 5.85. The molecule has 3 heterocycles. The maximum Gasteiger partial charge on any atom is 0.240 e. The quantitative estimate of drug-likeness (QED) is 0.885. The van der Waals surface area contributed by atoms with Gasteiger partial charge in [0.15, 0.2) is 11.5 Å². The lowest BCUT2D eigenvalue weighted by Crippen LogP contribution is -2.41. The normalized spacial score (nSPS) is 16.3. The third-order valence-corrected chi connectivity index (χ3v) is 4.71. The van der Waals surface area contributed by atoms with Gasteiger partial charge in [0.1, 0.15) is 6.54 Å². The average molecular weight is 333 g/mol. The van der Waals surface area contributed by atoms with Crippen molar-refractivity contribution in [2.75, 3.05) is 18.2 Å². The number of rotatable bonds is 5. The Morgan fingerprint density at radius 2 is 2.22 bits per heavy atom. The number of carbonyl (C=O) groups is 2. The number of nitrogens with one attached hydrogen (secondary N) is 1. The van der Waals surface area contributed by atoms with Gasteiger partial charge in [-0.25, -0.2) is 0 Å². The molecule has 1 N–H and O–H groups in total. The number of hydrogen-bond acceptors (Lipinski definition) is 5. The molecule has 0 aliphatic carbocycles. The van der Waals surface area contributed by atoms with Crippen LogP contribution in [0.3, 0.4) is 0 Å². The van der Waals surface area contributed by atoms with E-state index in [1.807, 2.05) is 42.6 Å². The molecular formula is C15H19N5O2S. The lowest BCUT2D eigenvalue weighted by Gasteiger charge is -2.22. The number of hydrogen-bond donors (Lipinski definition) is 1. The second-order valence-corrected chi connectivity index (χ2v) is 6.80. The Kier molecular flexibility index (Phi) is 4.51. The number of carbonyl (C=O) groups excluding carboxylic acids is 2. The molecule has 122 valence electrons. The molecule has 0 radical (unpaired) electrons. The minimum Gasteiger partial charge on any atom is -0.344 e. The summed E-state index contributed by atoms with van der Waals surface area (Å²) in [7, 11) is 0. The number of aromatic nitrogens is 3. The first-order valence-corrected chi connectivity index (χ1v) is 8.66. The molecule has 2 aromatic heterocycles. The summed E-state index contributed by atoms with van der Waals surface area (Å²) in [6.45, 7) is 4.13. The zero-order chi connectivity index (χ0) is 16.4. The van der Waals surface area contributed by atoms with E-state index >= 15 is 0 Å². The topological polar surface area (TPSA) is 79.6 Å². The van der Waals surface area contributed by atoms with E-state index < -0.39 is 0 Å². The fourth-order valence-corrected chi connectivity index (χ4v) is 3.44. The Bertz CT molecular complexity index is 729. The summed E-state index contributed by atoms with van der Waals surface area (Å²) in [5, 5.41) is 11.4. The Morgan fingerprint density at radius 1 is 1.39 bits per heavy atom. The van der Waals surface area contributed by atoms with Crippen LogP contribution >= 0.6 is 11.8 Å². The Labute approximate surface area is 138 Å². The minimum atomic E-state index is -0.259. The van der Waals surface area contributed by atoms with E-state index in [4.69, 9.17) is 0 Å². The predicted molar refractivity (Wildman–Crippen MR) is 87.7 cm³/mol. The van der Waals surface area contributed by atoms with Crippen LogP contribution in [0.5, 0.6) is 0 Å². The maximum absolute atomic E-state index is 12.3. The highest BCUT2D eigenvalue weighted by Gasteiger charge is 2.27. The molecule has 8 heteroatoms. The number of nitrogens with zero attached hydrogens (tertiary/aromatic N) is 4. The van der Waals surface area contributed by atoms with Crippen LogP contribution in [0.15, 0.2) is 24.4 Å². The van der Waals surface area contributed by atoms with E-state index in [0.717, 1.165) is 5.65 Å². The van der Waals surface area contributed by atoms with Gasteiger partial charge in [-0.15, -0.1) is 22.0 Å². The van der Waals surface area contributed by atoms with E-state index in [-0.39, 0.29) is 30.3 Å². The summed E-state index contributed by atoms with van der Waals surface area (Å²) >= 11 is 1.53.